The molecule has 4 nitrogen and oxygen atoms in total. The van der Waals surface area contributed by atoms with Gasteiger partial charge in [-0.2, -0.15) is 0 Å². The summed E-state index contributed by atoms with van der Waals surface area (Å²) in [5.41, 5.74) is 1.13. The van der Waals surface area contributed by atoms with E-state index in [9.17, 15) is 9.18 Å². The summed E-state index contributed by atoms with van der Waals surface area (Å²) in [6, 6.07) is 7.37. The number of carbonyl (C=O) groups excluding carboxylic acids is 1. The van der Waals surface area contributed by atoms with Gasteiger partial charge in [-0.15, -0.1) is 0 Å². The highest BCUT2D eigenvalue weighted by atomic mass is 19.1. The Morgan fingerprint density at radius 2 is 1.91 bits per heavy atom. The fraction of sp³-hybridized carbons (Fsp3) is 0.611. The second-order valence-electron chi connectivity index (χ2n) is 6.86. The standard InChI is InChI=1S/C18H23FN2O2/c1-2-23-18(22)21-11-15(12-3-5-14(19)6-4-12)17-16(21)13-7-9-20(17)10-8-13/h3-6,13,15-17H,2,7-11H2,1H3/t15-,16+,17+/m0/s1. The first-order valence-corrected chi connectivity index (χ1v) is 8.62. The van der Waals surface area contributed by atoms with Crippen molar-refractivity contribution in [1.82, 2.24) is 9.80 Å². The number of piperidine rings is 3. The van der Waals surface area contributed by atoms with Crippen LogP contribution < -0.4 is 0 Å². The van der Waals surface area contributed by atoms with Gasteiger partial charge in [-0.05, 0) is 56.5 Å². The van der Waals surface area contributed by atoms with E-state index in [-0.39, 0.29) is 23.9 Å². The van der Waals surface area contributed by atoms with Crippen LogP contribution in [0, 0.1) is 11.7 Å². The molecule has 4 fully saturated rings. The van der Waals surface area contributed by atoms with Crippen LogP contribution in [0.4, 0.5) is 9.18 Å². The topological polar surface area (TPSA) is 32.8 Å². The summed E-state index contributed by atoms with van der Waals surface area (Å²) in [5.74, 6) is 0.601. The third kappa shape index (κ3) is 2.42. The zero-order valence-corrected chi connectivity index (χ0v) is 13.5. The normalized spacial score (nSPS) is 35.2. The fourth-order valence-electron chi connectivity index (χ4n) is 4.84. The highest BCUT2D eigenvalue weighted by molar-refractivity contribution is 5.69. The maximum atomic E-state index is 13.3. The Labute approximate surface area is 136 Å². The molecule has 0 aliphatic carbocycles. The van der Waals surface area contributed by atoms with E-state index in [1.165, 1.54) is 12.1 Å². The summed E-state index contributed by atoms with van der Waals surface area (Å²) in [4.78, 5) is 16.9. The summed E-state index contributed by atoms with van der Waals surface area (Å²) in [5, 5.41) is 0. The summed E-state index contributed by atoms with van der Waals surface area (Å²) >= 11 is 0. The molecule has 1 aromatic carbocycles. The molecule has 0 radical (unpaired) electrons. The minimum atomic E-state index is -0.212. The third-order valence-corrected chi connectivity index (χ3v) is 5.79. The van der Waals surface area contributed by atoms with Crippen molar-refractivity contribution in [2.24, 2.45) is 5.92 Å². The van der Waals surface area contributed by atoms with Crippen molar-refractivity contribution >= 4 is 6.09 Å². The fourth-order valence-corrected chi connectivity index (χ4v) is 4.84. The molecule has 0 aromatic heterocycles. The number of fused-ring (bicyclic) bond motifs is 2. The Kier molecular flexibility index (Phi) is 3.76. The third-order valence-electron chi connectivity index (χ3n) is 5.79. The second kappa shape index (κ2) is 5.78. The quantitative estimate of drug-likeness (QED) is 0.840. The van der Waals surface area contributed by atoms with Crippen molar-refractivity contribution in [2.75, 3.05) is 26.2 Å². The lowest BCUT2D eigenvalue weighted by atomic mass is 9.75. The van der Waals surface area contributed by atoms with E-state index in [0.29, 0.717) is 25.1 Å². The Bertz CT molecular complexity index is 583. The highest BCUT2D eigenvalue weighted by Crippen LogP contribution is 2.46. The lowest BCUT2D eigenvalue weighted by Crippen LogP contribution is -2.60. The van der Waals surface area contributed by atoms with Gasteiger partial charge in [0.05, 0.1) is 12.6 Å². The van der Waals surface area contributed by atoms with Crippen molar-refractivity contribution in [3.8, 4) is 0 Å². The summed E-state index contributed by atoms with van der Waals surface area (Å²) in [6.07, 6.45) is 2.13. The Morgan fingerprint density at radius 1 is 1.22 bits per heavy atom. The molecule has 124 valence electrons. The maximum Gasteiger partial charge on any atom is 0.410 e. The van der Waals surface area contributed by atoms with Crippen molar-refractivity contribution in [2.45, 2.75) is 37.8 Å². The molecule has 2 bridgehead atoms. The number of likely N-dealkylation sites (tertiary alicyclic amines) is 1. The van der Waals surface area contributed by atoms with Crippen LogP contribution in [0.25, 0.3) is 0 Å². The first kappa shape index (κ1) is 14.9. The summed E-state index contributed by atoms with van der Waals surface area (Å²) in [7, 11) is 0. The van der Waals surface area contributed by atoms with Gasteiger partial charge >= 0.3 is 6.09 Å². The molecule has 0 N–H and O–H groups in total. The van der Waals surface area contributed by atoms with Gasteiger partial charge in [-0.1, -0.05) is 12.1 Å². The van der Waals surface area contributed by atoms with Gasteiger partial charge in [0, 0.05) is 18.5 Å². The molecule has 5 rings (SSSR count). The molecule has 5 heteroatoms. The number of halogens is 1. The monoisotopic (exact) mass is 318 g/mol. The Morgan fingerprint density at radius 3 is 2.57 bits per heavy atom. The minimum absolute atomic E-state index is 0.194. The lowest BCUT2D eigenvalue weighted by molar-refractivity contribution is -0.00687. The van der Waals surface area contributed by atoms with E-state index in [2.05, 4.69) is 4.90 Å². The predicted octanol–water partition coefficient (Wildman–Crippen LogP) is 2.84. The zero-order chi connectivity index (χ0) is 16.0. The molecule has 4 aliphatic rings. The molecule has 4 aliphatic heterocycles. The van der Waals surface area contributed by atoms with Crippen LogP contribution in [0.3, 0.4) is 0 Å². The van der Waals surface area contributed by atoms with Gasteiger partial charge in [0.2, 0.25) is 0 Å². The molecule has 1 aromatic rings. The van der Waals surface area contributed by atoms with E-state index in [1.54, 1.807) is 0 Å². The Hall–Kier alpha value is -1.62. The number of nitrogens with zero attached hydrogens (tertiary/aromatic N) is 2. The molecule has 4 saturated heterocycles. The van der Waals surface area contributed by atoms with E-state index in [4.69, 9.17) is 4.74 Å². The first-order chi connectivity index (χ1) is 11.2. The minimum Gasteiger partial charge on any atom is -0.450 e. The first-order valence-electron chi connectivity index (χ1n) is 8.62. The van der Waals surface area contributed by atoms with Crippen molar-refractivity contribution in [3.05, 3.63) is 35.6 Å². The molecule has 23 heavy (non-hydrogen) atoms. The van der Waals surface area contributed by atoms with Crippen LogP contribution in [-0.4, -0.2) is 54.2 Å². The van der Waals surface area contributed by atoms with Crippen molar-refractivity contribution in [1.29, 1.82) is 0 Å². The predicted molar refractivity (Wildman–Crippen MR) is 84.7 cm³/mol. The van der Waals surface area contributed by atoms with Gasteiger partial charge in [0.1, 0.15) is 5.82 Å². The molecule has 3 atom stereocenters. The van der Waals surface area contributed by atoms with Crippen LogP contribution in [0.5, 0.6) is 0 Å². The van der Waals surface area contributed by atoms with E-state index in [1.807, 2.05) is 24.0 Å². The average molecular weight is 318 g/mol. The average Bonchev–Trinajstić information content (AvgIpc) is 3.00. The number of amides is 1. The SMILES string of the molecule is CCOC(=O)N1C[C@@H](c2ccc(F)cc2)[C@@H]2[C@H]1C1CCN2CC1. The van der Waals surface area contributed by atoms with Crippen molar-refractivity contribution < 1.29 is 13.9 Å². The van der Waals surface area contributed by atoms with E-state index < -0.39 is 0 Å². The molecule has 0 unspecified atom stereocenters. The smallest absolute Gasteiger partial charge is 0.410 e. The van der Waals surface area contributed by atoms with Crippen molar-refractivity contribution in [3.63, 3.8) is 0 Å². The molecule has 0 spiro atoms. The number of hydrogen-bond acceptors (Lipinski definition) is 3. The van der Waals surface area contributed by atoms with Gasteiger partial charge in [0.15, 0.2) is 0 Å². The van der Waals surface area contributed by atoms with Gasteiger partial charge in [-0.3, -0.25) is 4.90 Å². The van der Waals surface area contributed by atoms with E-state index in [0.717, 1.165) is 31.5 Å². The van der Waals surface area contributed by atoms with Crippen LogP contribution in [-0.2, 0) is 4.74 Å². The number of benzene rings is 1. The van der Waals surface area contributed by atoms with Crippen LogP contribution in [0.2, 0.25) is 0 Å². The highest BCUT2D eigenvalue weighted by Gasteiger charge is 2.55. The van der Waals surface area contributed by atoms with Crippen LogP contribution >= 0.6 is 0 Å². The van der Waals surface area contributed by atoms with Gasteiger partial charge in [0.25, 0.3) is 0 Å². The zero-order valence-electron chi connectivity index (χ0n) is 13.5. The van der Waals surface area contributed by atoms with Crippen LogP contribution in [0.15, 0.2) is 24.3 Å². The van der Waals surface area contributed by atoms with Gasteiger partial charge in [-0.25, -0.2) is 9.18 Å². The molecular weight excluding hydrogens is 295 g/mol. The lowest BCUT2D eigenvalue weighted by Gasteiger charge is -2.50. The Balaban J connectivity index is 1.67. The number of ether oxygens (including phenoxy) is 1. The number of carbonyl (C=O) groups is 1. The summed E-state index contributed by atoms with van der Waals surface area (Å²) in [6.45, 7) is 5.15. The maximum absolute atomic E-state index is 13.3. The van der Waals surface area contributed by atoms with Gasteiger partial charge < -0.3 is 9.64 Å². The second-order valence-corrected chi connectivity index (χ2v) is 6.86. The number of hydrogen-bond donors (Lipinski definition) is 0. The molecule has 1 amide bonds. The largest absolute Gasteiger partial charge is 0.450 e. The van der Waals surface area contributed by atoms with E-state index >= 15 is 0 Å². The molecule has 0 saturated carbocycles. The number of rotatable bonds is 2. The molecular formula is C18H23FN2O2. The van der Waals surface area contributed by atoms with Crippen LogP contribution in [0.1, 0.15) is 31.2 Å². The molecule has 4 heterocycles. The summed E-state index contributed by atoms with van der Waals surface area (Å²) < 4.78 is 18.6.